The first kappa shape index (κ1) is 32.4. The smallest absolute Gasteiger partial charge is 0.406 e. The molecule has 232 valence electrons. The Labute approximate surface area is 249 Å². The molecule has 0 heterocycles. The fraction of sp³-hybridized carbons (Fsp3) is 0.194. The summed E-state index contributed by atoms with van der Waals surface area (Å²) in [6.07, 6.45) is -9.08. The standard InChI is InChI=1S/C31H25F6NO5S/c1-44(40,41)27-15-5-10-22(16-27)28(39)38-20-29(19-21-8-3-2-4-9-21,23-11-6-13-25(17-23)42-30(32,33)34)24-12-7-14-26(18-24)43-31(35,36)37/h2-18H,19-20H2,1H3,(H,38,39). The number of carbonyl (C=O) groups is 1. The lowest BCUT2D eigenvalue weighted by Gasteiger charge is -2.36. The van der Waals surface area contributed by atoms with Gasteiger partial charge in [-0.25, -0.2) is 8.42 Å². The second-order valence-corrected chi connectivity index (χ2v) is 11.9. The zero-order valence-electron chi connectivity index (χ0n) is 22.9. The van der Waals surface area contributed by atoms with Crippen LogP contribution in [0, 0.1) is 0 Å². The van der Waals surface area contributed by atoms with Crippen molar-refractivity contribution in [2.75, 3.05) is 12.8 Å². The quantitative estimate of drug-likeness (QED) is 0.193. The Hall–Kier alpha value is -4.52. The molecule has 0 aliphatic rings. The Kier molecular flexibility index (Phi) is 9.28. The van der Waals surface area contributed by atoms with Gasteiger partial charge < -0.3 is 14.8 Å². The molecule has 0 unspecified atom stereocenters. The summed E-state index contributed by atoms with van der Waals surface area (Å²) < 4.78 is 111. The third kappa shape index (κ3) is 8.53. The molecule has 0 atom stereocenters. The van der Waals surface area contributed by atoms with Gasteiger partial charge in [-0.15, -0.1) is 26.3 Å². The lowest BCUT2D eigenvalue weighted by Crippen LogP contribution is -2.43. The number of halogens is 6. The van der Waals surface area contributed by atoms with Crippen molar-refractivity contribution in [1.29, 1.82) is 0 Å². The van der Waals surface area contributed by atoms with E-state index < -0.39 is 45.4 Å². The highest BCUT2D eigenvalue weighted by molar-refractivity contribution is 7.90. The number of nitrogens with one attached hydrogen (secondary N) is 1. The van der Waals surface area contributed by atoms with Crippen LogP contribution in [0.4, 0.5) is 26.3 Å². The summed E-state index contributed by atoms with van der Waals surface area (Å²) >= 11 is 0. The molecule has 0 bridgehead atoms. The molecule has 0 aliphatic carbocycles. The van der Waals surface area contributed by atoms with E-state index in [2.05, 4.69) is 14.8 Å². The van der Waals surface area contributed by atoms with Gasteiger partial charge >= 0.3 is 12.7 Å². The minimum absolute atomic E-state index is 0.00242. The van der Waals surface area contributed by atoms with Gasteiger partial charge in [-0.2, -0.15) is 0 Å². The molecule has 6 nitrogen and oxygen atoms in total. The Morgan fingerprint density at radius 3 is 1.73 bits per heavy atom. The molecule has 4 aromatic carbocycles. The lowest BCUT2D eigenvalue weighted by molar-refractivity contribution is -0.275. The summed E-state index contributed by atoms with van der Waals surface area (Å²) in [5.74, 6) is -1.89. The number of rotatable bonds is 10. The van der Waals surface area contributed by atoms with Gasteiger partial charge in [0.15, 0.2) is 9.84 Å². The molecular formula is C31H25F6NO5S. The zero-order valence-corrected chi connectivity index (χ0v) is 23.8. The van der Waals surface area contributed by atoms with Crippen molar-refractivity contribution in [3.8, 4) is 11.5 Å². The molecule has 44 heavy (non-hydrogen) atoms. The topological polar surface area (TPSA) is 81.7 Å². The number of ether oxygens (including phenoxy) is 2. The maximum absolute atomic E-state index is 13.3. The van der Waals surface area contributed by atoms with Crippen molar-refractivity contribution < 1.29 is 49.0 Å². The number of alkyl halides is 6. The second-order valence-electron chi connectivity index (χ2n) is 9.88. The van der Waals surface area contributed by atoms with E-state index in [1.165, 1.54) is 48.5 Å². The highest BCUT2D eigenvalue weighted by atomic mass is 32.2. The molecule has 0 saturated heterocycles. The summed E-state index contributed by atoms with van der Waals surface area (Å²) in [5.41, 5.74) is -0.508. The van der Waals surface area contributed by atoms with E-state index in [1.807, 2.05) is 0 Å². The van der Waals surface area contributed by atoms with E-state index in [0.29, 0.717) is 5.56 Å². The molecule has 4 rings (SSSR count). The molecule has 0 aromatic heterocycles. The molecule has 13 heteroatoms. The second kappa shape index (κ2) is 12.6. The summed E-state index contributed by atoms with van der Waals surface area (Å²) in [5, 5.41) is 2.71. The molecule has 0 aliphatic heterocycles. The number of carbonyl (C=O) groups excluding carboxylic acids is 1. The average molecular weight is 638 g/mol. The molecule has 0 fully saturated rings. The van der Waals surface area contributed by atoms with Gasteiger partial charge in [0.2, 0.25) is 0 Å². The van der Waals surface area contributed by atoms with Crippen LogP contribution < -0.4 is 14.8 Å². The van der Waals surface area contributed by atoms with Gasteiger partial charge in [0.05, 0.1) is 4.90 Å². The monoisotopic (exact) mass is 637 g/mol. The first-order valence-electron chi connectivity index (χ1n) is 12.9. The number of amides is 1. The van der Waals surface area contributed by atoms with E-state index in [-0.39, 0.29) is 34.6 Å². The maximum Gasteiger partial charge on any atom is 0.573 e. The van der Waals surface area contributed by atoms with Crippen molar-refractivity contribution >= 4 is 15.7 Å². The number of benzene rings is 4. The SMILES string of the molecule is CS(=O)(=O)c1cccc(C(=O)NCC(Cc2ccccc2)(c2cccc(OC(F)(F)F)c2)c2cccc(OC(F)(F)F)c2)c1. The van der Waals surface area contributed by atoms with Crippen LogP contribution in [-0.2, 0) is 21.7 Å². The summed E-state index contributed by atoms with van der Waals surface area (Å²) in [4.78, 5) is 13.2. The average Bonchev–Trinajstić information content (AvgIpc) is 2.94. The summed E-state index contributed by atoms with van der Waals surface area (Å²) in [7, 11) is -3.66. The van der Waals surface area contributed by atoms with Crippen LogP contribution in [0.5, 0.6) is 11.5 Å². The fourth-order valence-electron chi connectivity index (χ4n) is 4.76. The zero-order chi connectivity index (χ0) is 32.2. The van der Waals surface area contributed by atoms with Crippen LogP contribution >= 0.6 is 0 Å². The highest BCUT2D eigenvalue weighted by Crippen LogP contribution is 2.40. The first-order valence-corrected chi connectivity index (χ1v) is 14.8. The van der Waals surface area contributed by atoms with E-state index >= 15 is 0 Å². The van der Waals surface area contributed by atoms with E-state index in [0.717, 1.165) is 30.5 Å². The van der Waals surface area contributed by atoms with Gasteiger partial charge in [0.1, 0.15) is 11.5 Å². The molecule has 0 saturated carbocycles. The van der Waals surface area contributed by atoms with Gasteiger partial charge in [0.25, 0.3) is 5.91 Å². The van der Waals surface area contributed by atoms with Crippen molar-refractivity contribution in [3.05, 3.63) is 125 Å². The number of hydrogen-bond acceptors (Lipinski definition) is 5. The molecule has 4 aromatic rings. The normalized spacial score (nSPS) is 12.4. The van der Waals surface area contributed by atoms with Gasteiger partial charge in [-0.1, -0.05) is 60.7 Å². The van der Waals surface area contributed by atoms with Crippen molar-refractivity contribution in [1.82, 2.24) is 5.32 Å². The highest BCUT2D eigenvalue weighted by Gasteiger charge is 2.38. The van der Waals surface area contributed by atoms with Crippen molar-refractivity contribution in [3.63, 3.8) is 0 Å². The van der Waals surface area contributed by atoms with E-state index in [4.69, 9.17) is 0 Å². The Morgan fingerprint density at radius 1 is 0.705 bits per heavy atom. The molecule has 1 amide bonds. The Morgan fingerprint density at radius 2 is 1.23 bits per heavy atom. The van der Waals surface area contributed by atoms with Crippen molar-refractivity contribution in [2.45, 2.75) is 29.5 Å². The fourth-order valence-corrected chi connectivity index (χ4v) is 5.43. The van der Waals surface area contributed by atoms with Crippen LogP contribution in [-0.4, -0.2) is 39.9 Å². The largest absolute Gasteiger partial charge is 0.573 e. The van der Waals surface area contributed by atoms with Crippen molar-refractivity contribution in [2.24, 2.45) is 0 Å². The Bertz CT molecular complexity index is 1660. The van der Waals surface area contributed by atoms with Crippen LogP contribution in [0.15, 0.2) is 108 Å². The minimum atomic E-state index is -5.03. The van der Waals surface area contributed by atoms with E-state index in [9.17, 15) is 39.6 Å². The predicted molar refractivity (Wildman–Crippen MR) is 149 cm³/mol. The van der Waals surface area contributed by atoms with E-state index in [1.54, 1.807) is 30.3 Å². The minimum Gasteiger partial charge on any atom is -0.406 e. The first-order chi connectivity index (χ1) is 20.5. The third-order valence-corrected chi connectivity index (χ3v) is 7.77. The molecule has 0 spiro atoms. The summed E-state index contributed by atoms with van der Waals surface area (Å²) in [6, 6.07) is 23.7. The number of hydrogen-bond donors (Lipinski definition) is 1. The van der Waals surface area contributed by atoms with Crippen LogP contribution in [0.2, 0.25) is 0 Å². The Balaban J connectivity index is 1.88. The summed E-state index contributed by atoms with van der Waals surface area (Å²) in [6.45, 7) is -0.339. The number of sulfone groups is 1. The molecular weight excluding hydrogens is 612 g/mol. The molecule has 0 radical (unpaired) electrons. The predicted octanol–water partition coefficient (Wildman–Crippen LogP) is 6.85. The van der Waals surface area contributed by atoms with Crippen LogP contribution in [0.3, 0.4) is 0 Å². The van der Waals surface area contributed by atoms with Crippen LogP contribution in [0.1, 0.15) is 27.0 Å². The van der Waals surface area contributed by atoms with Gasteiger partial charge in [-0.05, 0) is 65.6 Å². The molecule has 1 N–H and O–H groups in total. The lowest BCUT2D eigenvalue weighted by atomic mass is 9.70. The van der Waals surface area contributed by atoms with Gasteiger partial charge in [-0.3, -0.25) is 4.79 Å². The maximum atomic E-state index is 13.3. The van der Waals surface area contributed by atoms with Crippen LogP contribution in [0.25, 0.3) is 0 Å². The third-order valence-electron chi connectivity index (χ3n) is 6.66. The van der Waals surface area contributed by atoms with Gasteiger partial charge in [0, 0.05) is 23.8 Å².